The van der Waals surface area contributed by atoms with Crippen LogP contribution in [0.25, 0.3) is 12.2 Å². The summed E-state index contributed by atoms with van der Waals surface area (Å²) in [4.78, 5) is 26.1. The molecule has 36 heavy (non-hydrogen) atoms. The fourth-order valence-corrected chi connectivity index (χ4v) is 3.66. The van der Waals surface area contributed by atoms with Gasteiger partial charge in [-0.3, -0.25) is 9.59 Å². The number of nitrogens with zero attached hydrogens (tertiary/aromatic N) is 1. The van der Waals surface area contributed by atoms with E-state index < -0.39 is 31.3 Å². The van der Waals surface area contributed by atoms with E-state index in [0.717, 1.165) is 16.7 Å². The molecule has 1 heterocycles. The number of benzene rings is 2. The first-order valence-corrected chi connectivity index (χ1v) is 11.7. The zero-order valence-corrected chi connectivity index (χ0v) is 19.9. The Morgan fingerprint density at radius 3 is 2.08 bits per heavy atom. The van der Waals surface area contributed by atoms with Crippen LogP contribution >= 0.6 is 0 Å². The molecule has 0 fully saturated rings. The van der Waals surface area contributed by atoms with E-state index in [-0.39, 0.29) is 38.5 Å². The molecule has 3 rings (SSSR count). The molecule has 0 aliphatic carbocycles. The van der Waals surface area contributed by atoms with E-state index in [2.05, 4.69) is 0 Å². The Hall–Kier alpha value is -3.44. The highest BCUT2D eigenvalue weighted by atomic mass is 16.5. The van der Waals surface area contributed by atoms with E-state index in [4.69, 9.17) is 25.4 Å². The molecule has 2 atom stereocenters. The molecule has 2 aromatic rings. The van der Waals surface area contributed by atoms with Crippen molar-refractivity contribution in [2.24, 2.45) is 5.73 Å². The minimum atomic E-state index is -1.03. The smallest absolute Gasteiger partial charge is 0.227 e. The quantitative estimate of drug-likeness (QED) is 0.286. The van der Waals surface area contributed by atoms with Crippen LogP contribution in [0, 0.1) is 0 Å². The number of aliphatic hydroxyl groups is 4. The minimum absolute atomic E-state index is 0.0793. The molecule has 0 saturated heterocycles. The van der Waals surface area contributed by atoms with Gasteiger partial charge in [-0.2, -0.15) is 0 Å². The first-order chi connectivity index (χ1) is 17.3. The molecule has 1 aliphatic rings. The van der Waals surface area contributed by atoms with Crippen molar-refractivity contribution in [1.29, 1.82) is 0 Å². The second-order valence-electron chi connectivity index (χ2n) is 8.51. The van der Waals surface area contributed by atoms with Crippen LogP contribution in [0.1, 0.15) is 36.0 Å². The molecule has 2 unspecified atom stereocenters. The fourth-order valence-electron chi connectivity index (χ4n) is 3.66. The first kappa shape index (κ1) is 27.2. The van der Waals surface area contributed by atoms with E-state index in [9.17, 15) is 19.8 Å². The maximum Gasteiger partial charge on any atom is 0.227 e. The second-order valence-corrected chi connectivity index (χ2v) is 8.51. The lowest BCUT2D eigenvalue weighted by Crippen LogP contribution is -2.32. The number of fused-ring (bicyclic) bond motifs is 2. The summed E-state index contributed by atoms with van der Waals surface area (Å²) in [6.45, 7) is -0.845. The molecule has 6 N–H and O–H groups in total. The van der Waals surface area contributed by atoms with Gasteiger partial charge in [0.25, 0.3) is 0 Å². The summed E-state index contributed by atoms with van der Waals surface area (Å²) in [6.07, 6.45) is 2.26. The van der Waals surface area contributed by atoms with Gasteiger partial charge in [-0.15, -0.1) is 0 Å². The van der Waals surface area contributed by atoms with Gasteiger partial charge in [0, 0.05) is 18.9 Å². The zero-order valence-electron chi connectivity index (χ0n) is 19.9. The topological polar surface area (TPSA) is 163 Å². The summed E-state index contributed by atoms with van der Waals surface area (Å²) >= 11 is 0. The summed E-state index contributed by atoms with van der Waals surface area (Å²) in [5, 5.41) is 37.3. The molecule has 0 aromatic heterocycles. The van der Waals surface area contributed by atoms with E-state index in [1.807, 2.05) is 18.2 Å². The molecule has 2 aromatic carbocycles. The number of hydrogen-bond donors (Lipinski definition) is 5. The van der Waals surface area contributed by atoms with E-state index in [1.54, 1.807) is 35.2 Å². The minimum Gasteiger partial charge on any atom is -0.491 e. The van der Waals surface area contributed by atoms with Gasteiger partial charge in [-0.25, -0.2) is 0 Å². The average Bonchev–Trinajstić information content (AvgIpc) is 2.86. The van der Waals surface area contributed by atoms with Gasteiger partial charge in [-0.05, 0) is 47.4 Å². The van der Waals surface area contributed by atoms with Gasteiger partial charge < -0.3 is 40.5 Å². The number of amides is 2. The Bertz CT molecular complexity index is 1090. The Morgan fingerprint density at radius 1 is 0.889 bits per heavy atom. The molecule has 2 amide bonds. The van der Waals surface area contributed by atoms with Crippen molar-refractivity contribution in [1.82, 2.24) is 0 Å². The normalized spacial score (nSPS) is 15.1. The third kappa shape index (κ3) is 7.53. The summed E-state index contributed by atoms with van der Waals surface area (Å²) < 4.78 is 11.2. The number of aliphatic hydroxyl groups excluding tert-OH is 4. The van der Waals surface area contributed by atoms with Crippen LogP contribution in [0.3, 0.4) is 0 Å². The van der Waals surface area contributed by atoms with Crippen molar-refractivity contribution in [3.05, 3.63) is 53.1 Å². The predicted molar refractivity (Wildman–Crippen MR) is 133 cm³/mol. The highest BCUT2D eigenvalue weighted by Crippen LogP contribution is 2.34. The lowest BCUT2D eigenvalue weighted by atomic mass is 10.00. The lowest BCUT2D eigenvalue weighted by molar-refractivity contribution is -0.119. The van der Waals surface area contributed by atoms with Crippen LogP contribution in [-0.2, 0) is 16.1 Å². The number of hydrogen-bond acceptors (Lipinski definition) is 8. The molecule has 10 heteroatoms. The number of carbonyl (C=O) groups is 2. The Balaban J connectivity index is 1.94. The van der Waals surface area contributed by atoms with Crippen LogP contribution in [0.2, 0.25) is 0 Å². The number of primary amides is 1. The number of carbonyl (C=O) groups excluding carboxylic acids is 2. The average molecular weight is 501 g/mol. The molecular weight excluding hydrogens is 468 g/mol. The molecule has 0 radical (unpaired) electrons. The Morgan fingerprint density at radius 2 is 1.47 bits per heavy atom. The third-order valence-electron chi connectivity index (χ3n) is 5.60. The largest absolute Gasteiger partial charge is 0.491 e. The van der Waals surface area contributed by atoms with Crippen LogP contribution in [0.15, 0.2) is 36.4 Å². The van der Waals surface area contributed by atoms with Gasteiger partial charge in [0.05, 0.1) is 25.4 Å². The van der Waals surface area contributed by atoms with E-state index in [1.165, 1.54) is 0 Å². The van der Waals surface area contributed by atoms with Crippen LogP contribution in [-0.4, -0.2) is 70.9 Å². The van der Waals surface area contributed by atoms with Crippen molar-refractivity contribution >= 4 is 29.7 Å². The highest BCUT2D eigenvalue weighted by Gasteiger charge is 2.22. The SMILES string of the molecule is NC(=O)CCCC(=O)N1Cc2cc(OCC(O)CO)ccc2/C=C\c2ccc(OCC(O)CO)cc21. The maximum absolute atomic E-state index is 13.3. The maximum atomic E-state index is 13.3. The molecular formula is C26H32N2O8. The van der Waals surface area contributed by atoms with Crippen LogP contribution in [0.5, 0.6) is 11.5 Å². The van der Waals surface area contributed by atoms with Gasteiger partial charge in [-0.1, -0.05) is 18.2 Å². The Labute approximate surface area is 209 Å². The second kappa shape index (κ2) is 13.0. The van der Waals surface area contributed by atoms with Crippen LogP contribution < -0.4 is 20.1 Å². The number of ether oxygens (including phenoxy) is 2. The van der Waals surface area contributed by atoms with Crippen molar-refractivity contribution in [3.63, 3.8) is 0 Å². The Kier molecular flexibility index (Phi) is 9.83. The number of anilines is 1. The summed E-state index contributed by atoms with van der Waals surface area (Å²) in [7, 11) is 0. The highest BCUT2D eigenvalue weighted by molar-refractivity contribution is 5.97. The van der Waals surface area contributed by atoms with E-state index in [0.29, 0.717) is 23.6 Å². The molecule has 0 spiro atoms. The monoisotopic (exact) mass is 500 g/mol. The summed E-state index contributed by atoms with van der Waals surface area (Å²) in [5.74, 6) is 0.203. The van der Waals surface area contributed by atoms with Crippen LogP contribution in [0.4, 0.5) is 5.69 Å². The fraction of sp³-hybridized carbons (Fsp3) is 0.385. The number of nitrogens with two attached hydrogens (primary N) is 1. The molecule has 1 aliphatic heterocycles. The van der Waals surface area contributed by atoms with Gasteiger partial charge >= 0.3 is 0 Å². The summed E-state index contributed by atoms with van der Waals surface area (Å²) in [6, 6.07) is 10.6. The summed E-state index contributed by atoms with van der Waals surface area (Å²) in [5.41, 5.74) is 8.25. The van der Waals surface area contributed by atoms with Crippen molar-refractivity contribution in [2.75, 3.05) is 31.3 Å². The van der Waals surface area contributed by atoms with Crippen molar-refractivity contribution in [3.8, 4) is 11.5 Å². The zero-order chi connectivity index (χ0) is 26.1. The lowest BCUT2D eigenvalue weighted by Gasteiger charge is -2.28. The van der Waals surface area contributed by atoms with E-state index >= 15 is 0 Å². The third-order valence-corrected chi connectivity index (χ3v) is 5.60. The number of rotatable bonds is 12. The molecule has 0 bridgehead atoms. The van der Waals surface area contributed by atoms with Crippen molar-refractivity contribution in [2.45, 2.75) is 38.0 Å². The van der Waals surface area contributed by atoms with Gasteiger partial charge in [0.15, 0.2) is 0 Å². The van der Waals surface area contributed by atoms with Gasteiger partial charge in [0.2, 0.25) is 11.8 Å². The molecule has 194 valence electrons. The molecule has 0 saturated carbocycles. The first-order valence-electron chi connectivity index (χ1n) is 11.7. The van der Waals surface area contributed by atoms with Crippen molar-refractivity contribution < 1.29 is 39.5 Å². The van der Waals surface area contributed by atoms with Gasteiger partial charge in [0.1, 0.15) is 36.9 Å². The predicted octanol–water partition coefficient (Wildman–Crippen LogP) is 0.823. The standard InChI is InChI=1S/C26H32N2O8/c27-25(33)2-1-3-26(34)28-12-19-10-22(35-15-20(31)13-29)8-6-17(19)4-5-18-7-9-23(11-24(18)28)36-16-21(32)14-30/h4-11,20-21,29-32H,1-3,12-16H2,(H2,27,33)/b5-4-. The molecule has 10 nitrogen and oxygen atoms in total.